The van der Waals surface area contributed by atoms with Gasteiger partial charge in [0.05, 0.1) is 32.0 Å². The van der Waals surface area contributed by atoms with Crippen molar-refractivity contribution in [1.82, 2.24) is 15.5 Å². The summed E-state index contributed by atoms with van der Waals surface area (Å²) in [5.74, 6) is -2.57. The quantitative estimate of drug-likeness (QED) is 0.512. The van der Waals surface area contributed by atoms with Gasteiger partial charge in [0, 0.05) is 25.6 Å². The number of carbonyl (C=O) groups excluding carboxylic acids is 1. The summed E-state index contributed by atoms with van der Waals surface area (Å²) in [5, 5.41) is 16.3. The van der Waals surface area contributed by atoms with Crippen molar-refractivity contribution in [3.8, 4) is 5.75 Å². The standard InChI is InChI=1S/C24H32F2N4O5/c1-15-12-17(5-6-18(15)21(32)27-19-13-33-14-20(19)31)34-11-3-4-16-7-9-30(10-8-16)23-28-22(35-29-23)24(2,25)26/h5-6,12,16,19-20,31H,3-4,7-11,13-14H2,1-2H3,(H,27,32). The van der Waals surface area contributed by atoms with E-state index in [0.29, 0.717) is 43.5 Å². The molecule has 0 aliphatic carbocycles. The maximum absolute atomic E-state index is 13.3. The average Bonchev–Trinajstić information content (AvgIpc) is 3.47. The number of nitrogens with one attached hydrogen (secondary N) is 1. The van der Waals surface area contributed by atoms with Crippen LogP contribution < -0.4 is 15.0 Å². The summed E-state index contributed by atoms with van der Waals surface area (Å²) in [6.07, 6.45) is 3.06. The number of aliphatic hydroxyl groups is 1. The van der Waals surface area contributed by atoms with Gasteiger partial charge in [-0.25, -0.2) is 0 Å². The summed E-state index contributed by atoms with van der Waals surface area (Å²) in [7, 11) is 0. The van der Waals surface area contributed by atoms with Gasteiger partial charge in [-0.3, -0.25) is 4.79 Å². The Morgan fingerprint density at radius 3 is 2.71 bits per heavy atom. The summed E-state index contributed by atoms with van der Waals surface area (Å²) in [6.45, 7) is 5.10. The fourth-order valence-electron chi connectivity index (χ4n) is 4.41. The summed E-state index contributed by atoms with van der Waals surface area (Å²) < 4.78 is 42.3. The minimum atomic E-state index is -3.14. The Morgan fingerprint density at radius 2 is 2.09 bits per heavy atom. The van der Waals surface area contributed by atoms with Crippen LogP contribution in [0.5, 0.6) is 5.75 Å². The zero-order valence-electron chi connectivity index (χ0n) is 20.0. The molecule has 0 bridgehead atoms. The van der Waals surface area contributed by atoms with Crippen molar-refractivity contribution < 1.29 is 32.7 Å². The first-order valence-electron chi connectivity index (χ1n) is 12.0. The zero-order chi connectivity index (χ0) is 25.0. The molecule has 4 rings (SSSR count). The van der Waals surface area contributed by atoms with Crippen LogP contribution in [-0.2, 0) is 10.7 Å². The van der Waals surface area contributed by atoms with Gasteiger partial charge in [-0.2, -0.15) is 13.8 Å². The molecule has 2 atom stereocenters. The summed E-state index contributed by atoms with van der Waals surface area (Å²) in [5.41, 5.74) is 1.34. The van der Waals surface area contributed by atoms with Crippen molar-refractivity contribution in [3.63, 3.8) is 0 Å². The highest BCUT2D eigenvalue weighted by Gasteiger charge is 2.33. The number of amides is 1. The average molecular weight is 495 g/mol. The maximum atomic E-state index is 13.3. The van der Waals surface area contributed by atoms with Crippen LogP contribution in [0.4, 0.5) is 14.7 Å². The first-order valence-corrected chi connectivity index (χ1v) is 12.0. The molecule has 0 saturated carbocycles. The number of carbonyl (C=O) groups is 1. The van der Waals surface area contributed by atoms with Crippen LogP contribution in [0.1, 0.15) is 54.4 Å². The minimum absolute atomic E-state index is 0.226. The van der Waals surface area contributed by atoms with Crippen LogP contribution in [0.15, 0.2) is 22.7 Å². The molecule has 2 saturated heterocycles. The van der Waals surface area contributed by atoms with Gasteiger partial charge in [0.2, 0.25) is 0 Å². The lowest BCUT2D eigenvalue weighted by atomic mass is 9.92. The van der Waals surface area contributed by atoms with Crippen molar-refractivity contribution in [2.75, 3.05) is 37.8 Å². The van der Waals surface area contributed by atoms with E-state index in [1.807, 2.05) is 17.9 Å². The topological polar surface area (TPSA) is 110 Å². The second-order valence-corrected chi connectivity index (χ2v) is 9.37. The van der Waals surface area contributed by atoms with Crippen LogP contribution in [-0.4, -0.2) is 66.2 Å². The van der Waals surface area contributed by atoms with E-state index in [-0.39, 0.29) is 18.5 Å². The molecule has 1 aromatic heterocycles. The molecule has 2 aliphatic rings. The number of halogens is 2. The van der Waals surface area contributed by atoms with Gasteiger partial charge in [-0.05, 0) is 67.4 Å². The van der Waals surface area contributed by atoms with Crippen molar-refractivity contribution in [1.29, 1.82) is 0 Å². The Balaban J connectivity index is 1.17. The van der Waals surface area contributed by atoms with Crippen molar-refractivity contribution in [3.05, 3.63) is 35.2 Å². The number of ether oxygens (including phenoxy) is 2. The van der Waals surface area contributed by atoms with E-state index in [9.17, 15) is 18.7 Å². The molecule has 2 aromatic rings. The van der Waals surface area contributed by atoms with Crippen LogP contribution in [0, 0.1) is 12.8 Å². The number of alkyl halides is 2. The van der Waals surface area contributed by atoms with E-state index in [1.165, 1.54) is 0 Å². The second-order valence-electron chi connectivity index (χ2n) is 9.37. The highest BCUT2D eigenvalue weighted by Crippen LogP contribution is 2.29. The number of hydrogen-bond acceptors (Lipinski definition) is 8. The van der Waals surface area contributed by atoms with E-state index in [4.69, 9.17) is 9.47 Å². The molecule has 1 amide bonds. The smallest absolute Gasteiger partial charge is 0.322 e. The van der Waals surface area contributed by atoms with E-state index in [2.05, 4.69) is 20.0 Å². The van der Waals surface area contributed by atoms with Crippen LogP contribution in [0.2, 0.25) is 0 Å². The molecule has 2 unspecified atom stereocenters. The first-order chi connectivity index (χ1) is 16.7. The largest absolute Gasteiger partial charge is 0.494 e. The second kappa shape index (κ2) is 10.9. The first kappa shape index (κ1) is 25.3. The van der Waals surface area contributed by atoms with E-state index < -0.39 is 24.0 Å². The van der Waals surface area contributed by atoms with E-state index in [1.54, 1.807) is 12.1 Å². The zero-order valence-corrected chi connectivity index (χ0v) is 20.0. The van der Waals surface area contributed by atoms with Gasteiger partial charge < -0.3 is 29.3 Å². The predicted octanol–water partition coefficient (Wildman–Crippen LogP) is 3.05. The van der Waals surface area contributed by atoms with Gasteiger partial charge in [0.1, 0.15) is 5.75 Å². The number of rotatable bonds is 9. The number of aryl methyl sites for hydroxylation is 1. The van der Waals surface area contributed by atoms with Gasteiger partial charge in [-0.15, -0.1) is 0 Å². The lowest BCUT2D eigenvalue weighted by Crippen LogP contribution is -2.42. The molecule has 192 valence electrons. The van der Waals surface area contributed by atoms with Gasteiger partial charge in [-0.1, -0.05) is 0 Å². The third-order valence-electron chi connectivity index (χ3n) is 6.52. The van der Waals surface area contributed by atoms with Crippen molar-refractivity contribution in [2.24, 2.45) is 5.92 Å². The number of piperidine rings is 1. The monoisotopic (exact) mass is 494 g/mol. The number of aromatic nitrogens is 2. The number of benzene rings is 1. The molecule has 11 heteroatoms. The number of anilines is 1. The van der Waals surface area contributed by atoms with Gasteiger partial charge >= 0.3 is 5.92 Å². The molecule has 0 spiro atoms. The Kier molecular flexibility index (Phi) is 7.85. The summed E-state index contributed by atoms with van der Waals surface area (Å²) in [6, 6.07) is 4.96. The number of hydrogen-bond donors (Lipinski definition) is 2. The predicted molar refractivity (Wildman–Crippen MR) is 123 cm³/mol. The molecule has 9 nitrogen and oxygen atoms in total. The Morgan fingerprint density at radius 1 is 1.31 bits per heavy atom. The molecule has 2 N–H and O–H groups in total. The normalized spacial score (nSPS) is 21.3. The third-order valence-corrected chi connectivity index (χ3v) is 6.52. The van der Waals surface area contributed by atoms with Gasteiger partial charge in [0.15, 0.2) is 0 Å². The SMILES string of the molecule is Cc1cc(OCCCC2CCN(c3noc(C(C)(F)F)n3)CC2)ccc1C(=O)NC1COCC1O. The highest BCUT2D eigenvalue weighted by atomic mass is 19.3. The molecule has 3 heterocycles. The lowest BCUT2D eigenvalue weighted by molar-refractivity contribution is -0.0158. The Labute approximate surface area is 202 Å². The van der Waals surface area contributed by atoms with E-state index in [0.717, 1.165) is 38.2 Å². The van der Waals surface area contributed by atoms with Crippen LogP contribution in [0.25, 0.3) is 0 Å². The molecular formula is C24H32F2N4O5. The number of nitrogens with zero attached hydrogens (tertiary/aromatic N) is 3. The number of aliphatic hydroxyl groups excluding tert-OH is 1. The maximum Gasteiger partial charge on any atom is 0.322 e. The molecule has 2 fully saturated rings. The Bertz CT molecular complexity index is 1000. The fourth-order valence-corrected chi connectivity index (χ4v) is 4.41. The summed E-state index contributed by atoms with van der Waals surface area (Å²) >= 11 is 0. The third kappa shape index (κ3) is 6.46. The van der Waals surface area contributed by atoms with Gasteiger partial charge in [0.25, 0.3) is 17.7 Å². The molecule has 35 heavy (non-hydrogen) atoms. The van der Waals surface area contributed by atoms with Crippen LogP contribution >= 0.6 is 0 Å². The van der Waals surface area contributed by atoms with Crippen LogP contribution in [0.3, 0.4) is 0 Å². The van der Waals surface area contributed by atoms with Crippen molar-refractivity contribution >= 4 is 11.9 Å². The molecular weight excluding hydrogens is 462 g/mol. The molecule has 0 radical (unpaired) electrons. The van der Waals surface area contributed by atoms with Crippen molar-refractivity contribution in [2.45, 2.75) is 57.6 Å². The Hall–Kier alpha value is -2.79. The lowest BCUT2D eigenvalue weighted by Gasteiger charge is -2.30. The molecule has 2 aliphatic heterocycles. The van der Waals surface area contributed by atoms with E-state index >= 15 is 0 Å². The molecule has 1 aromatic carbocycles. The summed E-state index contributed by atoms with van der Waals surface area (Å²) in [4.78, 5) is 18.2. The fraction of sp³-hybridized carbons (Fsp3) is 0.625. The minimum Gasteiger partial charge on any atom is -0.494 e. The highest BCUT2D eigenvalue weighted by molar-refractivity contribution is 5.96.